The number of carbonyl (C=O) groups is 1. The van der Waals surface area contributed by atoms with Crippen LogP contribution < -0.4 is 4.90 Å². The molecule has 1 spiro atoms. The van der Waals surface area contributed by atoms with Crippen LogP contribution in [-0.2, 0) is 4.74 Å². The predicted octanol–water partition coefficient (Wildman–Crippen LogP) is 1.61. The highest BCUT2D eigenvalue weighted by atomic mass is 19.1. The van der Waals surface area contributed by atoms with E-state index < -0.39 is 29.3 Å². The van der Waals surface area contributed by atoms with E-state index in [4.69, 9.17) is 4.74 Å². The molecule has 2 aromatic heterocycles. The highest BCUT2D eigenvalue weighted by Gasteiger charge is 2.63. The molecular weight excluding hydrogens is 341 g/mol. The Bertz CT molecular complexity index is 809. The second kappa shape index (κ2) is 6.08. The number of aromatic nitrogens is 2. The summed E-state index contributed by atoms with van der Waals surface area (Å²) in [6, 6.07) is 5.86. The van der Waals surface area contributed by atoms with E-state index in [0.717, 1.165) is 12.3 Å². The first-order chi connectivity index (χ1) is 12.4. The van der Waals surface area contributed by atoms with Crippen molar-refractivity contribution in [1.82, 2.24) is 9.97 Å². The number of nitrogens with zero attached hydrogens (tertiary/aromatic N) is 3. The maximum absolute atomic E-state index is 13.1. The number of pyridine rings is 2. The van der Waals surface area contributed by atoms with E-state index >= 15 is 0 Å². The SMILES string of the molecule is O=C(c1ccc(F)cn1)N(c1cccnc1)C1CCC(O)(O)C2(CC2)O1. The molecule has 1 atom stereocenters. The van der Waals surface area contributed by atoms with E-state index in [0.29, 0.717) is 18.5 Å². The van der Waals surface area contributed by atoms with Gasteiger partial charge in [-0.3, -0.25) is 14.7 Å². The Kier molecular flexibility index (Phi) is 3.98. The molecule has 2 N–H and O–H groups in total. The summed E-state index contributed by atoms with van der Waals surface area (Å²) in [5.74, 6) is -2.91. The number of halogens is 1. The van der Waals surface area contributed by atoms with Crippen molar-refractivity contribution >= 4 is 11.6 Å². The summed E-state index contributed by atoms with van der Waals surface area (Å²) in [5, 5.41) is 20.4. The van der Waals surface area contributed by atoms with Crippen molar-refractivity contribution in [1.29, 1.82) is 0 Å². The smallest absolute Gasteiger partial charge is 0.279 e. The predicted molar refractivity (Wildman–Crippen MR) is 88.5 cm³/mol. The largest absolute Gasteiger partial charge is 0.363 e. The first-order valence-electron chi connectivity index (χ1n) is 8.40. The molecule has 136 valence electrons. The zero-order valence-electron chi connectivity index (χ0n) is 13.9. The lowest BCUT2D eigenvalue weighted by Gasteiger charge is -2.43. The monoisotopic (exact) mass is 359 g/mol. The van der Waals surface area contributed by atoms with Crippen LogP contribution in [-0.4, -0.2) is 43.7 Å². The van der Waals surface area contributed by atoms with E-state index in [1.165, 1.54) is 17.2 Å². The van der Waals surface area contributed by atoms with Crippen LogP contribution in [0.5, 0.6) is 0 Å². The van der Waals surface area contributed by atoms with Gasteiger partial charge >= 0.3 is 0 Å². The highest BCUT2D eigenvalue weighted by Crippen LogP contribution is 2.53. The van der Waals surface area contributed by atoms with Gasteiger partial charge in [-0.25, -0.2) is 9.37 Å². The molecule has 2 aliphatic rings. The van der Waals surface area contributed by atoms with Crippen molar-refractivity contribution in [2.75, 3.05) is 4.90 Å². The first kappa shape index (κ1) is 17.0. The molecule has 0 radical (unpaired) electrons. The van der Waals surface area contributed by atoms with Gasteiger partial charge in [0, 0.05) is 12.6 Å². The van der Waals surface area contributed by atoms with E-state index in [1.54, 1.807) is 18.3 Å². The average Bonchev–Trinajstić information content (AvgIpc) is 3.41. The fourth-order valence-corrected chi connectivity index (χ4v) is 3.32. The lowest BCUT2D eigenvalue weighted by molar-refractivity contribution is -0.291. The quantitative estimate of drug-likeness (QED) is 0.809. The van der Waals surface area contributed by atoms with E-state index in [9.17, 15) is 19.4 Å². The zero-order valence-corrected chi connectivity index (χ0v) is 13.9. The molecule has 3 heterocycles. The van der Waals surface area contributed by atoms with Gasteiger partial charge in [-0.05, 0) is 43.5 Å². The molecule has 8 heteroatoms. The molecule has 0 bridgehead atoms. The number of hydrogen-bond acceptors (Lipinski definition) is 6. The molecular formula is C18H18FN3O4. The fraction of sp³-hybridized carbons (Fsp3) is 0.389. The topological polar surface area (TPSA) is 95.8 Å². The minimum atomic E-state index is -1.90. The van der Waals surface area contributed by atoms with Gasteiger partial charge in [-0.1, -0.05) is 0 Å². The van der Waals surface area contributed by atoms with Crippen LogP contribution in [0.2, 0.25) is 0 Å². The van der Waals surface area contributed by atoms with Crippen LogP contribution in [0.15, 0.2) is 42.9 Å². The molecule has 1 saturated carbocycles. The van der Waals surface area contributed by atoms with Gasteiger partial charge in [0.1, 0.15) is 23.3 Å². The van der Waals surface area contributed by atoms with Crippen molar-refractivity contribution < 1.29 is 24.1 Å². The minimum absolute atomic E-state index is 0.0635. The molecule has 1 saturated heterocycles. The van der Waals surface area contributed by atoms with Gasteiger partial charge in [0.25, 0.3) is 5.91 Å². The lowest BCUT2D eigenvalue weighted by Crippen LogP contribution is -2.57. The Morgan fingerprint density at radius 2 is 2.04 bits per heavy atom. The zero-order chi connectivity index (χ0) is 18.4. The van der Waals surface area contributed by atoms with Crippen molar-refractivity contribution in [2.45, 2.75) is 43.3 Å². The Hall–Kier alpha value is -2.42. The molecule has 4 rings (SSSR count). The summed E-state index contributed by atoms with van der Waals surface area (Å²) in [7, 11) is 0. The number of carbonyl (C=O) groups excluding carboxylic acids is 1. The Balaban J connectivity index is 1.68. The van der Waals surface area contributed by atoms with Gasteiger partial charge < -0.3 is 14.9 Å². The summed E-state index contributed by atoms with van der Waals surface area (Å²) in [4.78, 5) is 22.3. The average molecular weight is 359 g/mol. The fourth-order valence-electron chi connectivity index (χ4n) is 3.32. The summed E-state index contributed by atoms with van der Waals surface area (Å²) < 4.78 is 19.1. The molecule has 1 amide bonds. The van der Waals surface area contributed by atoms with Crippen molar-refractivity contribution in [2.24, 2.45) is 0 Å². The molecule has 2 aromatic rings. The number of anilines is 1. The van der Waals surface area contributed by atoms with Crippen LogP contribution in [0.4, 0.5) is 10.1 Å². The molecule has 1 unspecified atom stereocenters. The van der Waals surface area contributed by atoms with Gasteiger partial charge in [0.2, 0.25) is 0 Å². The molecule has 1 aliphatic heterocycles. The second-order valence-electron chi connectivity index (χ2n) is 6.67. The normalized spacial score (nSPS) is 22.8. The maximum atomic E-state index is 13.1. The van der Waals surface area contributed by atoms with E-state index in [2.05, 4.69) is 9.97 Å². The molecule has 0 aromatic carbocycles. The van der Waals surface area contributed by atoms with Crippen LogP contribution in [0.1, 0.15) is 36.2 Å². The number of hydrogen-bond donors (Lipinski definition) is 2. The number of amides is 1. The van der Waals surface area contributed by atoms with Gasteiger partial charge in [-0.15, -0.1) is 0 Å². The van der Waals surface area contributed by atoms with Gasteiger partial charge in [-0.2, -0.15) is 0 Å². The van der Waals surface area contributed by atoms with Crippen LogP contribution in [0.3, 0.4) is 0 Å². The van der Waals surface area contributed by atoms with Gasteiger partial charge in [0.15, 0.2) is 5.79 Å². The number of rotatable bonds is 3. The highest BCUT2D eigenvalue weighted by molar-refractivity contribution is 6.04. The summed E-state index contributed by atoms with van der Waals surface area (Å²) in [5.41, 5.74) is -0.492. The lowest BCUT2D eigenvalue weighted by atomic mass is 9.97. The third-order valence-electron chi connectivity index (χ3n) is 4.91. The molecule has 2 fully saturated rings. The van der Waals surface area contributed by atoms with Crippen LogP contribution in [0.25, 0.3) is 0 Å². The number of aliphatic hydroxyl groups is 2. The summed E-state index contributed by atoms with van der Waals surface area (Å²) >= 11 is 0. The van der Waals surface area contributed by atoms with Crippen molar-refractivity contribution in [3.05, 3.63) is 54.4 Å². The third kappa shape index (κ3) is 2.86. The second-order valence-corrected chi connectivity index (χ2v) is 6.67. The van der Waals surface area contributed by atoms with Crippen LogP contribution in [0, 0.1) is 5.82 Å². The Labute approximate surface area is 149 Å². The standard InChI is InChI=1S/C18H18FN3O4/c19-12-3-4-14(21-10-12)16(23)22(13-2-1-9-20-11-13)15-5-6-18(24,25)17(26-15)7-8-17/h1-4,9-11,15,24-25H,5-8H2. The summed E-state index contributed by atoms with van der Waals surface area (Å²) in [6.07, 6.45) is 4.72. The van der Waals surface area contributed by atoms with Crippen LogP contribution >= 0.6 is 0 Å². The molecule has 1 aliphatic carbocycles. The van der Waals surface area contributed by atoms with Gasteiger partial charge in [0.05, 0.1) is 18.1 Å². The molecule has 26 heavy (non-hydrogen) atoms. The maximum Gasteiger partial charge on any atom is 0.279 e. The Morgan fingerprint density at radius 3 is 2.65 bits per heavy atom. The third-order valence-corrected chi connectivity index (χ3v) is 4.91. The first-order valence-corrected chi connectivity index (χ1v) is 8.40. The molecule has 7 nitrogen and oxygen atoms in total. The minimum Gasteiger partial charge on any atom is -0.363 e. The van der Waals surface area contributed by atoms with Crippen molar-refractivity contribution in [3.63, 3.8) is 0 Å². The van der Waals surface area contributed by atoms with E-state index in [-0.39, 0.29) is 18.5 Å². The summed E-state index contributed by atoms with van der Waals surface area (Å²) in [6.45, 7) is 0. The van der Waals surface area contributed by atoms with E-state index in [1.807, 2.05) is 0 Å². The van der Waals surface area contributed by atoms with Crippen molar-refractivity contribution in [3.8, 4) is 0 Å². The number of ether oxygens (including phenoxy) is 1. The Morgan fingerprint density at radius 1 is 1.23 bits per heavy atom.